The van der Waals surface area contributed by atoms with Crippen molar-refractivity contribution in [2.45, 2.75) is 32.5 Å². The number of aromatic nitrogens is 3. The standard InChI is InChI=1S/C15H25N5O2S/c1-3-18-11-16-17-14(18)13-10-20(4-7-22-13)15(21)12(2)19-5-8-23-9-6-19/h11-13H,3-10H2,1-2H3. The second-order valence-corrected chi connectivity index (χ2v) is 7.17. The third-order valence-corrected chi connectivity index (χ3v) is 5.55. The molecule has 2 saturated heterocycles. The Labute approximate surface area is 141 Å². The molecule has 0 spiro atoms. The van der Waals surface area contributed by atoms with Crippen LogP contribution in [0.5, 0.6) is 0 Å². The van der Waals surface area contributed by atoms with Gasteiger partial charge in [-0.1, -0.05) is 0 Å². The van der Waals surface area contributed by atoms with Crippen molar-refractivity contribution in [1.82, 2.24) is 24.6 Å². The third kappa shape index (κ3) is 3.70. The van der Waals surface area contributed by atoms with E-state index in [1.54, 1.807) is 6.33 Å². The van der Waals surface area contributed by atoms with E-state index in [1.165, 1.54) is 0 Å². The van der Waals surface area contributed by atoms with Gasteiger partial charge in [0.1, 0.15) is 12.4 Å². The Hall–Kier alpha value is -1.12. The number of hydrogen-bond acceptors (Lipinski definition) is 6. The Morgan fingerprint density at radius 2 is 2.22 bits per heavy atom. The van der Waals surface area contributed by atoms with E-state index in [-0.39, 0.29) is 18.1 Å². The number of thioether (sulfide) groups is 1. The molecule has 3 heterocycles. The molecule has 8 heteroatoms. The third-order valence-electron chi connectivity index (χ3n) is 4.60. The zero-order chi connectivity index (χ0) is 16.2. The highest BCUT2D eigenvalue weighted by molar-refractivity contribution is 7.99. The van der Waals surface area contributed by atoms with Crippen LogP contribution in [0.3, 0.4) is 0 Å². The number of rotatable bonds is 4. The average Bonchev–Trinajstić information content (AvgIpc) is 3.10. The SMILES string of the molecule is CCn1cnnc1C1CN(C(=O)C(C)N2CCSCC2)CCO1. The van der Waals surface area contributed by atoms with Crippen LogP contribution in [0.1, 0.15) is 25.8 Å². The first kappa shape index (κ1) is 16.7. The number of carbonyl (C=O) groups excluding carboxylic acids is 1. The minimum absolute atomic E-state index is 0.0568. The molecule has 1 aromatic heterocycles. The largest absolute Gasteiger partial charge is 0.366 e. The van der Waals surface area contributed by atoms with Gasteiger partial charge < -0.3 is 14.2 Å². The van der Waals surface area contributed by atoms with Crippen molar-refractivity contribution in [3.63, 3.8) is 0 Å². The molecule has 0 saturated carbocycles. The lowest BCUT2D eigenvalue weighted by atomic mass is 10.2. The Kier molecular flexibility index (Phi) is 5.55. The topological polar surface area (TPSA) is 63.5 Å². The highest BCUT2D eigenvalue weighted by Gasteiger charge is 2.32. The quantitative estimate of drug-likeness (QED) is 0.802. The van der Waals surface area contributed by atoms with E-state index >= 15 is 0 Å². The van der Waals surface area contributed by atoms with Gasteiger partial charge in [0.05, 0.1) is 19.2 Å². The zero-order valence-corrected chi connectivity index (χ0v) is 14.7. The van der Waals surface area contributed by atoms with Crippen LogP contribution in [0.15, 0.2) is 6.33 Å². The Bertz CT molecular complexity index is 532. The van der Waals surface area contributed by atoms with Crippen molar-refractivity contribution < 1.29 is 9.53 Å². The van der Waals surface area contributed by atoms with Crippen molar-refractivity contribution in [2.24, 2.45) is 0 Å². The molecule has 0 aromatic carbocycles. The number of carbonyl (C=O) groups is 1. The predicted molar refractivity (Wildman–Crippen MR) is 89.3 cm³/mol. The molecule has 1 amide bonds. The molecule has 0 radical (unpaired) electrons. The fourth-order valence-electron chi connectivity index (χ4n) is 3.15. The maximum atomic E-state index is 12.8. The predicted octanol–water partition coefficient (Wildman–Crippen LogP) is 0.635. The summed E-state index contributed by atoms with van der Waals surface area (Å²) in [6, 6.07) is -0.0568. The summed E-state index contributed by atoms with van der Waals surface area (Å²) < 4.78 is 7.81. The Morgan fingerprint density at radius 1 is 1.43 bits per heavy atom. The van der Waals surface area contributed by atoms with Crippen LogP contribution in [0.4, 0.5) is 0 Å². The summed E-state index contributed by atoms with van der Waals surface area (Å²) in [5, 5.41) is 8.14. The molecule has 2 aliphatic heterocycles. The monoisotopic (exact) mass is 339 g/mol. The Morgan fingerprint density at radius 3 is 2.96 bits per heavy atom. The highest BCUT2D eigenvalue weighted by atomic mass is 32.2. The lowest BCUT2D eigenvalue weighted by Crippen LogP contribution is -2.53. The maximum Gasteiger partial charge on any atom is 0.239 e. The van der Waals surface area contributed by atoms with Gasteiger partial charge in [-0.15, -0.1) is 10.2 Å². The smallest absolute Gasteiger partial charge is 0.239 e. The minimum atomic E-state index is -0.181. The van der Waals surface area contributed by atoms with Crippen LogP contribution >= 0.6 is 11.8 Å². The van der Waals surface area contributed by atoms with Crippen LogP contribution in [-0.2, 0) is 16.1 Å². The summed E-state index contributed by atoms with van der Waals surface area (Å²) in [5.41, 5.74) is 0. The minimum Gasteiger partial charge on any atom is -0.366 e. The van der Waals surface area contributed by atoms with E-state index in [1.807, 2.05) is 28.2 Å². The van der Waals surface area contributed by atoms with Crippen LogP contribution in [0.25, 0.3) is 0 Å². The highest BCUT2D eigenvalue weighted by Crippen LogP contribution is 2.22. The zero-order valence-electron chi connectivity index (χ0n) is 13.8. The summed E-state index contributed by atoms with van der Waals surface area (Å²) in [7, 11) is 0. The molecule has 0 bridgehead atoms. The lowest BCUT2D eigenvalue weighted by molar-refractivity contribution is -0.144. The molecular formula is C15H25N5O2S. The van der Waals surface area contributed by atoms with Gasteiger partial charge in [0.15, 0.2) is 5.82 Å². The van der Waals surface area contributed by atoms with E-state index in [2.05, 4.69) is 22.0 Å². The van der Waals surface area contributed by atoms with Crippen molar-refractivity contribution in [3.05, 3.63) is 12.2 Å². The molecule has 128 valence electrons. The van der Waals surface area contributed by atoms with E-state index in [4.69, 9.17) is 4.74 Å². The van der Waals surface area contributed by atoms with E-state index < -0.39 is 0 Å². The van der Waals surface area contributed by atoms with Gasteiger partial charge in [0.25, 0.3) is 0 Å². The first-order valence-corrected chi connectivity index (χ1v) is 9.46. The lowest BCUT2D eigenvalue weighted by Gasteiger charge is -2.38. The van der Waals surface area contributed by atoms with E-state index in [0.29, 0.717) is 19.7 Å². The summed E-state index contributed by atoms with van der Waals surface area (Å²) in [6.45, 7) is 8.64. The van der Waals surface area contributed by atoms with Gasteiger partial charge in [-0.05, 0) is 13.8 Å². The van der Waals surface area contributed by atoms with Crippen LogP contribution in [0, 0.1) is 0 Å². The van der Waals surface area contributed by atoms with E-state index in [9.17, 15) is 4.79 Å². The van der Waals surface area contributed by atoms with Gasteiger partial charge in [-0.2, -0.15) is 11.8 Å². The van der Waals surface area contributed by atoms with Crippen molar-refractivity contribution in [1.29, 1.82) is 0 Å². The van der Waals surface area contributed by atoms with E-state index in [0.717, 1.165) is 37.0 Å². The molecule has 2 unspecified atom stereocenters. The molecule has 23 heavy (non-hydrogen) atoms. The van der Waals surface area contributed by atoms with Gasteiger partial charge >= 0.3 is 0 Å². The van der Waals surface area contributed by atoms with Crippen molar-refractivity contribution in [3.8, 4) is 0 Å². The summed E-state index contributed by atoms with van der Waals surface area (Å²) >= 11 is 1.96. The summed E-state index contributed by atoms with van der Waals surface area (Å²) in [4.78, 5) is 17.1. The first-order valence-electron chi connectivity index (χ1n) is 8.30. The van der Waals surface area contributed by atoms with Gasteiger partial charge in [0.2, 0.25) is 5.91 Å². The molecule has 0 N–H and O–H groups in total. The normalized spacial score (nSPS) is 24.6. The van der Waals surface area contributed by atoms with Crippen molar-refractivity contribution in [2.75, 3.05) is 44.3 Å². The second kappa shape index (κ2) is 7.63. The van der Waals surface area contributed by atoms with Crippen LogP contribution in [0.2, 0.25) is 0 Å². The molecular weight excluding hydrogens is 314 g/mol. The fraction of sp³-hybridized carbons (Fsp3) is 0.800. The van der Waals surface area contributed by atoms with Gasteiger partial charge in [-0.25, -0.2) is 0 Å². The number of hydrogen-bond donors (Lipinski definition) is 0. The molecule has 1 aromatic rings. The number of amides is 1. The summed E-state index contributed by atoms with van der Waals surface area (Å²) in [6.07, 6.45) is 1.53. The van der Waals surface area contributed by atoms with Crippen LogP contribution < -0.4 is 0 Å². The Balaban J connectivity index is 1.64. The first-order chi connectivity index (χ1) is 11.2. The van der Waals surface area contributed by atoms with Crippen LogP contribution in [-0.4, -0.2) is 80.8 Å². The molecule has 7 nitrogen and oxygen atoms in total. The number of morpholine rings is 1. The molecule has 2 fully saturated rings. The maximum absolute atomic E-state index is 12.8. The molecule has 2 aliphatic rings. The fourth-order valence-corrected chi connectivity index (χ4v) is 4.08. The van der Waals surface area contributed by atoms with Gasteiger partial charge in [0, 0.05) is 37.7 Å². The number of aryl methyl sites for hydroxylation is 1. The number of ether oxygens (including phenoxy) is 1. The second-order valence-electron chi connectivity index (χ2n) is 5.94. The van der Waals surface area contributed by atoms with Gasteiger partial charge in [-0.3, -0.25) is 9.69 Å². The average molecular weight is 339 g/mol. The van der Waals surface area contributed by atoms with Crippen molar-refractivity contribution >= 4 is 17.7 Å². The number of nitrogens with zero attached hydrogens (tertiary/aromatic N) is 5. The summed E-state index contributed by atoms with van der Waals surface area (Å²) in [5.74, 6) is 3.24. The molecule has 3 rings (SSSR count). The molecule has 0 aliphatic carbocycles. The molecule has 2 atom stereocenters.